The van der Waals surface area contributed by atoms with E-state index in [2.05, 4.69) is 6.08 Å². The lowest BCUT2D eigenvalue weighted by Gasteiger charge is -2.45. The van der Waals surface area contributed by atoms with Crippen LogP contribution >= 0.6 is 11.6 Å². The topological polar surface area (TPSA) is 108 Å². The molecule has 0 amide bonds. The fraction of sp³-hybridized carbons (Fsp3) is 0.500. The quantitative estimate of drug-likeness (QED) is 0.177. The number of halogens is 4. The van der Waals surface area contributed by atoms with Crippen LogP contribution < -0.4 is 0 Å². The summed E-state index contributed by atoms with van der Waals surface area (Å²) in [7, 11) is -3.62. The van der Waals surface area contributed by atoms with Gasteiger partial charge in [-0.1, -0.05) is 49.2 Å². The van der Waals surface area contributed by atoms with Gasteiger partial charge in [0.2, 0.25) is 15.8 Å². The van der Waals surface area contributed by atoms with E-state index in [0.717, 1.165) is 35.6 Å². The third-order valence-corrected chi connectivity index (χ3v) is 12.3. The van der Waals surface area contributed by atoms with Crippen LogP contribution in [-0.2, 0) is 22.6 Å². The van der Waals surface area contributed by atoms with Gasteiger partial charge in [0.05, 0.1) is 28.5 Å². The number of hydrogen-bond donors (Lipinski definition) is 2. The number of allylic oxidation sites excluding steroid dienone is 2. The smallest absolute Gasteiger partial charge is 0.416 e. The molecule has 2 aromatic carbocycles. The van der Waals surface area contributed by atoms with E-state index in [1.807, 2.05) is 32.9 Å². The molecule has 0 unspecified atom stereocenters. The maximum absolute atomic E-state index is 14.4. The molecule has 4 atom stereocenters. The molecule has 2 bridgehead atoms. The van der Waals surface area contributed by atoms with Crippen LogP contribution in [0.5, 0.6) is 0 Å². The Kier molecular flexibility index (Phi) is 11.2. The molecule has 6 rings (SSSR count). The number of sulfonamides is 1. The molecule has 3 aliphatic rings. The largest absolute Gasteiger partial charge is 0.453 e. The van der Waals surface area contributed by atoms with Crippen LogP contribution in [0.1, 0.15) is 104 Å². The molecule has 1 aromatic heterocycles. The van der Waals surface area contributed by atoms with Crippen molar-refractivity contribution >= 4 is 27.4 Å². The minimum Gasteiger partial charge on any atom is -0.453 e. The predicted octanol–water partition coefficient (Wildman–Crippen LogP) is 8.56. The molecular formula is C38H45ClF3NO6S. The SMILES string of the molecule is CCCN(C[C@]1(O)CC[C@H]2c3ccc(cc3C(=O)c3ccc(-c4cc(C(F)(F)F)ccc4Cl)o3)C[C@@H](O)CCC(C)=CCC[C@@]21C)S(C)(=O)=O. The fourth-order valence-electron chi connectivity index (χ4n) is 7.73. The third kappa shape index (κ3) is 7.92. The first-order valence-electron chi connectivity index (χ1n) is 17.0. The van der Waals surface area contributed by atoms with Crippen molar-refractivity contribution in [2.75, 3.05) is 19.3 Å². The van der Waals surface area contributed by atoms with Gasteiger partial charge in [0.15, 0.2) is 5.76 Å². The van der Waals surface area contributed by atoms with Gasteiger partial charge in [-0.15, -0.1) is 0 Å². The molecule has 3 aromatic rings. The van der Waals surface area contributed by atoms with E-state index in [1.54, 1.807) is 6.07 Å². The highest BCUT2D eigenvalue weighted by molar-refractivity contribution is 7.88. The van der Waals surface area contributed by atoms with Gasteiger partial charge in [-0.3, -0.25) is 4.79 Å². The number of benzene rings is 2. The van der Waals surface area contributed by atoms with Crippen LogP contribution in [0.15, 0.2) is 64.6 Å². The molecule has 0 aliphatic heterocycles. The molecule has 12 heteroatoms. The van der Waals surface area contributed by atoms with Gasteiger partial charge in [0, 0.05) is 29.6 Å². The lowest BCUT2D eigenvalue weighted by Crippen LogP contribution is -2.53. The van der Waals surface area contributed by atoms with Gasteiger partial charge in [-0.2, -0.15) is 17.5 Å². The summed E-state index contributed by atoms with van der Waals surface area (Å²) in [6.45, 7) is 6.05. The third-order valence-electron chi connectivity index (χ3n) is 10.7. The van der Waals surface area contributed by atoms with Crippen LogP contribution in [0.3, 0.4) is 0 Å². The summed E-state index contributed by atoms with van der Waals surface area (Å²) in [4.78, 5) is 14.4. The number of rotatable bonds is 8. The van der Waals surface area contributed by atoms with Crippen molar-refractivity contribution in [2.45, 2.75) is 95.9 Å². The van der Waals surface area contributed by atoms with Crippen molar-refractivity contribution < 1.29 is 41.0 Å². The summed E-state index contributed by atoms with van der Waals surface area (Å²) in [5, 5.41) is 23.4. The molecule has 3 aliphatic carbocycles. The molecule has 0 spiro atoms. The molecular weight excluding hydrogens is 691 g/mol. The van der Waals surface area contributed by atoms with Crippen LogP contribution in [0, 0.1) is 5.41 Å². The average Bonchev–Trinajstić information content (AvgIpc) is 3.61. The summed E-state index contributed by atoms with van der Waals surface area (Å²) < 4.78 is 73.4. The van der Waals surface area contributed by atoms with E-state index in [0.29, 0.717) is 62.5 Å². The molecule has 1 fully saturated rings. The van der Waals surface area contributed by atoms with Crippen LogP contribution in [0.4, 0.5) is 13.2 Å². The monoisotopic (exact) mass is 735 g/mol. The van der Waals surface area contributed by atoms with Crippen molar-refractivity contribution in [1.29, 1.82) is 0 Å². The second-order valence-corrected chi connectivity index (χ2v) is 16.6. The van der Waals surface area contributed by atoms with Gasteiger partial charge in [0.25, 0.3) is 0 Å². The minimum absolute atomic E-state index is 0.00116. The van der Waals surface area contributed by atoms with E-state index in [4.69, 9.17) is 16.0 Å². The summed E-state index contributed by atoms with van der Waals surface area (Å²) in [6, 6.07) is 11.2. The molecule has 0 saturated heterocycles. The lowest BCUT2D eigenvalue weighted by atomic mass is 9.65. The zero-order valence-electron chi connectivity index (χ0n) is 28.8. The molecule has 7 nitrogen and oxygen atoms in total. The first kappa shape index (κ1) is 38.3. The van der Waals surface area contributed by atoms with Crippen molar-refractivity contribution in [2.24, 2.45) is 5.41 Å². The second-order valence-electron chi connectivity index (χ2n) is 14.2. The molecule has 50 heavy (non-hydrogen) atoms. The van der Waals surface area contributed by atoms with E-state index in [-0.39, 0.29) is 41.1 Å². The number of aliphatic hydroxyl groups is 2. The highest BCUT2D eigenvalue weighted by Gasteiger charge is 2.58. The minimum atomic E-state index is -4.61. The lowest BCUT2D eigenvalue weighted by molar-refractivity contribution is -0.137. The summed E-state index contributed by atoms with van der Waals surface area (Å²) in [5.41, 5.74) is -0.407. The van der Waals surface area contributed by atoms with Gasteiger partial charge < -0.3 is 14.6 Å². The Balaban J connectivity index is 1.61. The summed E-state index contributed by atoms with van der Waals surface area (Å²) in [6.07, 6.45) is 1.93. The van der Waals surface area contributed by atoms with E-state index in [1.165, 1.54) is 16.4 Å². The van der Waals surface area contributed by atoms with E-state index >= 15 is 0 Å². The Morgan fingerprint density at radius 2 is 1.84 bits per heavy atom. The number of aliphatic hydroxyl groups excluding tert-OH is 1. The highest BCUT2D eigenvalue weighted by atomic mass is 35.5. The van der Waals surface area contributed by atoms with E-state index < -0.39 is 44.7 Å². The molecule has 2 N–H and O–H groups in total. The van der Waals surface area contributed by atoms with Gasteiger partial charge in [-0.05, 0) is 112 Å². The standard InChI is InChI=1S/C38H45ClF3NO6S/c1-5-19-43(50(4,47)48)23-37(46)18-16-31-28-12-9-25(20-27(44)11-8-24(2)7-6-17-36(31,37)3)21-29(28)35(45)34-15-14-33(49-34)30-22-26(38(40,41)42)10-13-32(30)39/h7,9-10,12-15,21-22,27,31,44,46H,5-6,8,11,16-20,23H2,1-4H3/t27-,31-,36-,37+/m0/s1. The molecule has 1 saturated carbocycles. The summed E-state index contributed by atoms with van der Waals surface area (Å²) in [5.74, 6) is -0.973. The first-order chi connectivity index (χ1) is 23.4. The first-order valence-corrected chi connectivity index (χ1v) is 19.2. The zero-order chi connectivity index (χ0) is 36.6. The Labute approximate surface area is 297 Å². The van der Waals surface area contributed by atoms with Crippen LogP contribution in [0.2, 0.25) is 5.02 Å². The number of nitrogens with zero attached hydrogens (tertiary/aromatic N) is 1. The van der Waals surface area contributed by atoms with Gasteiger partial charge in [-0.25, -0.2) is 8.42 Å². The van der Waals surface area contributed by atoms with E-state index in [9.17, 15) is 36.6 Å². The average molecular weight is 736 g/mol. The number of ketones is 1. The number of fused-ring (bicyclic) bond motifs is 8. The van der Waals surface area contributed by atoms with Crippen LogP contribution in [0.25, 0.3) is 11.3 Å². The maximum atomic E-state index is 14.4. The predicted molar refractivity (Wildman–Crippen MR) is 188 cm³/mol. The number of alkyl halides is 3. The number of furan rings is 1. The fourth-order valence-corrected chi connectivity index (χ4v) is 8.90. The van der Waals surface area contributed by atoms with Crippen molar-refractivity contribution in [3.8, 4) is 11.3 Å². The number of hydrogen-bond acceptors (Lipinski definition) is 6. The molecule has 0 radical (unpaired) electrons. The summed E-state index contributed by atoms with van der Waals surface area (Å²) >= 11 is 6.27. The van der Waals surface area contributed by atoms with Crippen LogP contribution in [-0.4, -0.2) is 59.8 Å². The Morgan fingerprint density at radius 3 is 2.52 bits per heavy atom. The Morgan fingerprint density at radius 1 is 1.10 bits per heavy atom. The highest BCUT2D eigenvalue weighted by Crippen LogP contribution is 2.59. The van der Waals surface area contributed by atoms with Crippen molar-refractivity contribution in [3.05, 3.63) is 93.2 Å². The van der Waals surface area contributed by atoms with Gasteiger partial charge >= 0.3 is 6.18 Å². The van der Waals surface area contributed by atoms with Crippen molar-refractivity contribution in [3.63, 3.8) is 0 Å². The van der Waals surface area contributed by atoms with Gasteiger partial charge in [0.1, 0.15) is 5.76 Å². The molecule has 1 heterocycles. The second kappa shape index (κ2) is 14.6. The van der Waals surface area contributed by atoms with Crippen molar-refractivity contribution in [1.82, 2.24) is 4.31 Å². The number of carbonyl (C=O) groups is 1. The molecule has 272 valence electrons. The maximum Gasteiger partial charge on any atom is 0.416 e. The Hall–Kier alpha value is -2.96. The zero-order valence-corrected chi connectivity index (χ0v) is 30.4. The number of carbonyl (C=O) groups excluding carboxylic acids is 1. The Bertz CT molecular complexity index is 1870. The normalized spacial score (nSPS) is 25.0.